The first kappa shape index (κ1) is 16.5. The monoisotopic (exact) mass is 366 g/mol. The number of rotatable bonds is 3. The third-order valence-corrected chi connectivity index (χ3v) is 5.06. The van der Waals surface area contributed by atoms with Crippen LogP contribution >= 0.6 is 0 Å². The Morgan fingerprint density at radius 3 is 2.50 bits per heavy atom. The van der Waals surface area contributed by atoms with E-state index in [1.807, 2.05) is 36.4 Å². The SMILES string of the molecule is CCn1c2ccccc2c2cc(/C=C3/N=C(c4ccccc4)OC3=O)ccc21. The highest BCUT2D eigenvalue weighted by atomic mass is 16.6. The molecule has 0 unspecified atom stereocenters. The maximum Gasteiger partial charge on any atom is 0.363 e. The molecule has 0 atom stereocenters. The van der Waals surface area contributed by atoms with E-state index in [0.717, 1.165) is 17.7 Å². The van der Waals surface area contributed by atoms with Crippen LogP contribution in [-0.4, -0.2) is 16.4 Å². The number of benzene rings is 3. The number of hydrogen-bond donors (Lipinski definition) is 0. The molecule has 3 aromatic carbocycles. The third kappa shape index (κ3) is 2.62. The van der Waals surface area contributed by atoms with Gasteiger partial charge in [-0.3, -0.25) is 0 Å². The Morgan fingerprint density at radius 2 is 1.68 bits per heavy atom. The fourth-order valence-electron chi connectivity index (χ4n) is 3.77. The lowest BCUT2D eigenvalue weighted by Crippen LogP contribution is -2.04. The molecule has 2 heterocycles. The number of cyclic esters (lactones) is 1. The molecule has 4 heteroatoms. The summed E-state index contributed by atoms with van der Waals surface area (Å²) in [6.07, 6.45) is 1.79. The van der Waals surface area contributed by atoms with E-state index in [1.165, 1.54) is 21.8 Å². The first-order valence-electron chi connectivity index (χ1n) is 9.33. The number of carbonyl (C=O) groups is 1. The van der Waals surface area contributed by atoms with E-state index in [2.05, 4.69) is 52.9 Å². The summed E-state index contributed by atoms with van der Waals surface area (Å²) in [5, 5.41) is 2.38. The highest BCUT2D eigenvalue weighted by Crippen LogP contribution is 2.30. The minimum atomic E-state index is -0.421. The molecule has 28 heavy (non-hydrogen) atoms. The van der Waals surface area contributed by atoms with E-state index >= 15 is 0 Å². The van der Waals surface area contributed by atoms with Crippen molar-refractivity contribution >= 4 is 39.7 Å². The van der Waals surface area contributed by atoms with Crippen molar-refractivity contribution in [1.29, 1.82) is 0 Å². The van der Waals surface area contributed by atoms with Gasteiger partial charge in [0.25, 0.3) is 0 Å². The molecule has 5 rings (SSSR count). The zero-order valence-electron chi connectivity index (χ0n) is 15.4. The molecule has 4 nitrogen and oxygen atoms in total. The van der Waals surface area contributed by atoms with Gasteiger partial charge in [0, 0.05) is 33.9 Å². The van der Waals surface area contributed by atoms with Crippen molar-refractivity contribution in [1.82, 2.24) is 4.57 Å². The molecular formula is C24H18N2O2. The summed E-state index contributed by atoms with van der Waals surface area (Å²) < 4.78 is 7.65. The van der Waals surface area contributed by atoms with Crippen LogP contribution in [0.15, 0.2) is 83.5 Å². The van der Waals surface area contributed by atoms with Crippen molar-refractivity contribution in [2.75, 3.05) is 0 Å². The molecule has 1 aliphatic rings. The van der Waals surface area contributed by atoms with Crippen LogP contribution in [0.1, 0.15) is 18.1 Å². The van der Waals surface area contributed by atoms with Crippen LogP contribution in [0.2, 0.25) is 0 Å². The summed E-state index contributed by atoms with van der Waals surface area (Å²) in [5.74, 6) is -0.0737. The quantitative estimate of drug-likeness (QED) is 0.371. The molecule has 1 aromatic heterocycles. The highest BCUT2D eigenvalue weighted by molar-refractivity contribution is 6.13. The zero-order chi connectivity index (χ0) is 19.1. The largest absolute Gasteiger partial charge is 0.402 e. The first-order chi connectivity index (χ1) is 13.7. The van der Waals surface area contributed by atoms with Gasteiger partial charge in [0.2, 0.25) is 5.90 Å². The number of aliphatic imine (C=N–C) groups is 1. The van der Waals surface area contributed by atoms with Crippen LogP contribution in [-0.2, 0) is 16.1 Å². The van der Waals surface area contributed by atoms with Gasteiger partial charge in [-0.2, -0.15) is 0 Å². The van der Waals surface area contributed by atoms with Gasteiger partial charge >= 0.3 is 5.97 Å². The van der Waals surface area contributed by atoms with Gasteiger partial charge in [-0.15, -0.1) is 0 Å². The Bertz CT molecular complexity index is 1280. The van der Waals surface area contributed by atoms with Gasteiger partial charge in [-0.1, -0.05) is 42.5 Å². The van der Waals surface area contributed by atoms with E-state index in [0.29, 0.717) is 11.6 Å². The number of hydrogen-bond acceptors (Lipinski definition) is 3. The number of ether oxygens (including phenoxy) is 1. The molecule has 136 valence electrons. The standard InChI is InChI=1S/C24H18N2O2/c1-2-26-21-11-7-6-10-18(21)19-14-16(12-13-22(19)26)15-20-24(27)28-23(25-20)17-8-4-3-5-9-17/h3-15H,2H2,1H3/b20-15+. The minimum Gasteiger partial charge on any atom is -0.402 e. The topological polar surface area (TPSA) is 43.6 Å². The molecular weight excluding hydrogens is 348 g/mol. The van der Waals surface area contributed by atoms with Crippen LogP contribution in [0.3, 0.4) is 0 Å². The minimum absolute atomic E-state index is 0.317. The van der Waals surface area contributed by atoms with Gasteiger partial charge in [0.05, 0.1) is 0 Å². The zero-order valence-corrected chi connectivity index (χ0v) is 15.4. The predicted octanol–water partition coefficient (Wildman–Crippen LogP) is 5.16. The Kier molecular flexibility index (Phi) is 3.83. The van der Waals surface area contributed by atoms with Crippen molar-refractivity contribution in [3.05, 3.63) is 89.6 Å². The maximum atomic E-state index is 12.3. The number of aromatic nitrogens is 1. The van der Waals surface area contributed by atoms with Crippen molar-refractivity contribution in [3.63, 3.8) is 0 Å². The molecule has 0 saturated carbocycles. The van der Waals surface area contributed by atoms with Crippen molar-refractivity contribution in [3.8, 4) is 0 Å². The number of nitrogens with zero attached hydrogens (tertiary/aromatic N) is 2. The fourth-order valence-corrected chi connectivity index (χ4v) is 3.77. The van der Waals surface area contributed by atoms with Gasteiger partial charge in [0.1, 0.15) is 0 Å². The molecule has 0 fully saturated rings. The molecule has 0 aliphatic carbocycles. The summed E-state index contributed by atoms with van der Waals surface area (Å²) in [6, 6.07) is 24.1. The Morgan fingerprint density at radius 1 is 0.929 bits per heavy atom. The normalized spacial score (nSPS) is 15.4. The Balaban J connectivity index is 1.61. The number of esters is 1. The second kappa shape index (κ2) is 6.50. The summed E-state index contributed by atoms with van der Waals surface area (Å²) in [4.78, 5) is 16.7. The predicted molar refractivity (Wildman–Crippen MR) is 112 cm³/mol. The van der Waals surface area contributed by atoms with Gasteiger partial charge in [-0.05, 0) is 48.9 Å². The molecule has 0 bridgehead atoms. The fraction of sp³-hybridized carbons (Fsp3) is 0.0833. The summed E-state index contributed by atoms with van der Waals surface area (Å²) >= 11 is 0. The van der Waals surface area contributed by atoms with E-state index in [9.17, 15) is 4.79 Å². The summed E-state index contributed by atoms with van der Waals surface area (Å²) in [5.41, 5.74) is 4.44. The van der Waals surface area contributed by atoms with E-state index < -0.39 is 5.97 Å². The number of aryl methyl sites for hydroxylation is 1. The maximum absolute atomic E-state index is 12.3. The van der Waals surface area contributed by atoms with Crippen LogP contribution in [0, 0.1) is 0 Å². The van der Waals surface area contributed by atoms with Crippen LogP contribution in [0.5, 0.6) is 0 Å². The average Bonchev–Trinajstić information content (AvgIpc) is 3.26. The first-order valence-corrected chi connectivity index (χ1v) is 9.33. The number of para-hydroxylation sites is 1. The van der Waals surface area contributed by atoms with Crippen molar-refractivity contribution in [2.24, 2.45) is 4.99 Å². The molecule has 1 aliphatic heterocycles. The lowest BCUT2D eigenvalue weighted by Gasteiger charge is -2.02. The Hall–Kier alpha value is -3.66. The lowest BCUT2D eigenvalue weighted by molar-refractivity contribution is -0.129. The highest BCUT2D eigenvalue weighted by Gasteiger charge is 2.24. The molecule has 0 saturated heterocycles. The molecule has 0 radical (unpaired) electrons. The Labute approximate surface area is 162 Å². The summed E-state index contributed by atoms with van der Waals surface area (Å²) in [7, 11) is 0. The van der Waals surface area contributed by atoms with Gasteiger partial charge < -0.3 is 9.30 Å². The lowest BCUT2D eigenvalue weighted by atomic mass is 10.1. The van der Waals surface area contributed by atoms with Gasteiger partial charge in [-0.25, -0.2) is 9.79 Å². The molecule has 0 N–H and O–H groups in total. The molecule has 4 aromatic rings. The van der Waals surface area contributed by atoms with E-state index in [4.69, 9.17) is 4.74 Å². The van der Waals surface area contributed by atoms with Crippen LogP contribution in [0.4, 0.5) is 0 Å². The van der Waals surface area contributed by atoms with E-state index in [1.54, 1.807) is 6.08 Å². The smallest absolute Gasteiger partial charge is 0.363 e. The second-order valence-corrected chi connectivity index (χ2v) is 6.74. The van der Waals surface area contributed by atoms with Crippen molar-refractivity contribution < 1.29 is 9.53 Å². The van der Waals surface area contributed by atoms with Crippen LogP contribution < -0.4 is 0 Å². The van der Waals surface area contributed by atoms with Crippen LogP contribution in [0.25, 0.3) is 27.9 Å². The summed E-state index contributed by atoms with van der Waals surface area (Å²) in [6.45, 7) is 3.05. The number of fused-ring (bicyclic) bond motifs is 3. The second-order valence-electron chi connectivity index (χ2n) is 6.74. The van der Waals surface area contributed by atoms with E-state index in [-0.39, 0.29) is 0 Å². The number of carbonyl (C=O) groups excluding carboxylic acids is 1. The molecule has 0 spiro atoms. The van der Waals surface area contributed by atoms with Crippen molar-refractivity contribution in [2.45, 2.75) is 13.5 Å². The average molecular weight is 366 g/mol. The third-order valence-electron chi connectivity index (χ3n) is 5.06. The molecule has 0 amide bonds. The van der Waals surface area contributed by atoms with Gasteiger partial charge in [0.15, 0.2) is 5.70 Å².